The maximum atomic E-state index is 11.0. The fraction of sp³-hybridized carbons (Fsp3) is 0.714. The van der Waals surface area contributed by atoms with Crippen LogP contribution in [-0.2, 0) is 41.2 Å². The van der Waals surface area contributed by atoms with Crippen LogP contribution in [0.4, 0.5) is 0 Å². The summed E-state index contributed by atoms with van der Waals surface area (Å²) in [6.45, 7) is 18.2. The standard InChI is InChI=1S/C11H22O5Si.C10H20O4Si/c1-5-11(12)13-9-10-17(14-6-2,15-7-3)16-8-4;1-9(2)10(11)14-7-6-8-15(5,12-3)13-4/h5H,1,6-10H2,2-4H3;1,6-8H2,2-5H3. The summed E-state index contributed by atoms with van der Waals surface area (Å²) in [4.78, 5) is 22.0. The molecule has 0 bridgehead atoms. The molecule has 0 spiro atoms. The van der Waals surface area contributed by atoms with Gasteiger partial charge in [-0.25, -0.2) is 9.59 Å². The number of hydrogen-bond acceptors (Lipinski definition) is 9. The molecule has 0 aliphatic carbocycles. The van der Waals surface area contributed by atoms with E-state index in [1.54, 1.807) is 21.1 Å². The van der Waals surface area contributed by atoms with E-state index in [9.17, 15) is 9.59 Å². The molecule has 32 heavy (non-hydrogen) atoms. The van der Waals surface area contributed by atoms with Gasteiger partial charge in [0.2, 0.25) is 0 Å². The molecule has 0 rings (SSSR count). The Labute approximate surface area is 195 Å². The Kier molecular flexibility index (Phi) is 19.7. The Bertz CT molecular complexity index is 534. The third-order valence-corrected chi connectivity index (χ3v) is 10.1. The van der Waals surface area contributed by atoms with Crippen molar-refractivity contribution in [2.45, 2.75) is 52.8 Å². The molecule has 0 heterocycles. The second-order valence-corrected chi connectivity index (χ2v) is 13.0. The Morgan fingerprint density at radius 3 is 1.75 bits per heavy atom. The summed E-state index contributed by atoms with van der Waals surface area (Å²) in [7, 11) is -1.40. The summed E-state index contributed by atoms with van der Waals surface area (Å²) in [5.74, 6) is -0.786. The van der Waals surface area contributed by atoms with Gasteiger partial charge >= 0.3 is 29.3 Å². The maximum Gasteiger partial charge on any atom is 0.504 e. The van der Waals surface area contributed by atoms with Crippen molar-refractivity contribution in [3.8, 4) is 0 Å². The number of carbonyl (C=O) groups is 2. The highest BCUT2D eigenvalue weighted by molar-refractivity contribution is 6.65. The maximum absolute atomic E-state index is 11.0. The summed E-state index contributed by atoms with van der Waals surface area (Å²) < 4.78 is 37.3. The number of hydrogen-bond donors (Lipinski definition) is 0. The molecule has 11 heteroatoms. The van der Waals surface area contributed by atoms with Crippen LogP contribution in [0.5, 0.6) is 0 Å². The van der Waals surface area contributed by atoms with Crippen LogP contribution < -0.4 is 0 Å². The monoisotopic (exact) mass is 494 g/mol. The van der Waals surface area contributed by atoms with Crippen molar-refractivity contribution in [1.82, 2.24) is 0 Å². The minimum Gasteiger partial charge on any atom is -0.463 e. The third kappa shape index (κ3) is 15.5. The minimum atomic E-state index is -2.69. The van der Waals surface area contributed by atoms with Crippen LogP contribution in [0.3, 0.4) is 0 Å². The number of ether oxygens (including phenoxy) is 2. The third-order valence-electron chi connectivity index (χ3n) is 4.13. The predicted molar refractivity (Wildman–Crippen MR) is 127 cm³/mol. The molecule has 0 aromatic rings. The molecule has 0 aliphatic rings. The molecular formula is C21H42O9Si2. The van der Waals surface area contributed by atoms with E-state index in [-0.39, 0.29) is 12.6 Å². The van der Waals surface area contributed by atoms with Crippen LogP contribution in [-0.4, -0.2) is 76.6 Å². The average Bonchev–Trinajstić information content (AvgIpc) is 2.77. The van der Waals surface area contributed by atoms with E-state index in [1.165, 1.54) is 0 Å². The van der Waals surface area contributed by atoms with Crippen molar-refractivity contribution in [2.75, 3.05) is 47.3 Å². The van der Waals surface area contributed by atoms with Crippen molar-refractivity contribution >= 4 is 29.3 Å². The minimum absolute atomic E-state index is 0.219. The Morgan fingerprint density at radius 1 is 0.875 bits per heavy atom. The van der Waals surface area contributed by atoms with Gasteiger partial charge in [-0.1, -0.05) is 13.2 Å². The van der Waals surface area contributed by atoms with E-state index in [4.69, 9.17) is 31.6 Å². The van der Waals surface area contributed by atoms with Gasteiger partial charge < -0.3 is 31.6 Å². The highest BCUT2D eigenvalue weighted by atomic mass is 28.4. The molecular weight excluding hydrogens is 452 g/mol. The van der Waals surface area contributed by atoms with Crippen LogP contribution in [0.15, 0.2) is 24.8 Å². The summed E-state index contributed by atoms with van der Waals surface area (Å²) in [5.41, 5.74) is 0.425. The van der Waals surface area contributed by atoms with Gasteiger partial charge in [0.1, 0.15) is 0 Å². The quantitative estimate of drug-likeness (QED) is 0.130. The van der Waals surface area contributed by atoms with E-state index < -0.39 is 23.3 Å². The highest BCUT2D eigenvalue weighted by Crippen LogP contribution is 2.16. The molecule has 0 fully saturated rings. The molecule has 0 unspecified atom stereocenters. The molecule has 0 saturated heterocycles. The summed E-state index contributed by atoms with van der Waals surface area (Å²) in [5, 5.41) is 0. The van der Waals surface area contributed by atoms with Gasteiger partial charge in [0.25, 0.3) is 0 Å². The lowest BCUT2D eigenvalue weighted by Gasteiger charge is -2.28. The number of rotatable bonds is 17. The summed E-state index contributed by atoms with van der Waals surface area (Å²) in [6, 6.07) is 1.27. The number of esters is 2. The molecule has 0 atom stereocenters. The summed E-state index contributed by atoms with van der Waals surface area (Å²) >= 11 is 0. The average molecular weight is 495 g/mol. The Hall–Kier alpha value is -1.35. The molecule has 9 nitrogen and oxygen atoms in total. The molecule has 188 valence electrons. The first-order chi connectivity index (χ1) is 15.1. The largest absolute Gasteiger partial charge is 0.504 e. The van der Waals surface area contributed by atoms with Crippen molar-refractivity contribution in [1.29, 1.82) is 0 Å². The second-order valence-electron chi connectivity index (χ2n) is 6.67. The van der Waals surface area contributed by atoms with Crippen LogP contribution in [0.2, 0.25) is 18.6 Å². The normalized spacial score (nSPS) is 11.2. The van der Waals surface area contributed by atoms with Gasteiger partial charge in [-0.3, -0.25) is 0 Å². The van der Waals surface area contributed by atoms with E-state index in [2.05, 4.69) is 13.2 Å². The molecule has 0 aromatic heterocycles. The first-order valence-corrected chi connectivity index (χ1v) is 15.2. The summed E-state index contributed by atoms with van der Waals surface area (Å²) in [6.07, 6.45) is 1.88. The Morgan fingerprint density at radius 2 is 1.38 bits per heavy atom. The van der Waals surface area contributed by atoms with Gasteiger partial charge in [-0.05, 0) is 46.7 Å². The van der Waals surface area contributed by atoms with Gasteiger partial charge in [0.05, 0.1) is 19.3 Å². The zero-order valence-electron chi connectivity index (χ0n) is 20.8. The van der Waals surface area contributed by atoms with Crippen LogP contribution in [0.1, 0.15) is 34.1 Å². The lowest BCUT2D eigenvalue weighted by Crippen LogP contribution is -2.47. The van der Waals surface area contributed by atoms with Crippen LogP contribution in [0, 0.1) is 0 Å². The first kappa shape index (κ1) is 32.8. The van der Waals surface area contributed by atoms with Crippen molar-refractivity contribution in [2.24, 2.45) is 0 Å². The van der Waals surface area contributed by atoms with Crippen LogP contribution >= 0.6 is 0 Å². The molecule has 0 radical (unpaired) electrons. The second kappa shape index (κ2) is 19.2. The van der Waals surface area contributed by atoms with Crippen molar-refractivity contribution in [3.05, 3.63) is 24.8 Å². The fourth-order valence-corrected chi connectivity index (χ4v) is 6.02. The smallest absolute Gasteiger partial charge is 0.463 e. The molecule has 0 aliphatic heterocycles. The zero-order valence-corrected chi connectivity index (χ0v) is 22.8. The topological polar surface area (TPSA) is 98.8 Å². The van der Waals surface area contributed by atoms with Gasteiger partial charge in [-0.2, -0.15) is 0 Å². The molecule has 0 aromatic carbocycles. The van der Waals surface area contributed by atoms with Crippen molar-refractivity contribution in [3.63, 3.8) is 0 Å². The molecule has 0 amide bonds. The van der Waals surface area contributed by atoms with Gasteiger partial charge in [-0.15, -0.1) is 0 Å². The number of carbonyl (C=O) groups excluding carboxylic acids is 2. The van der Waals surface area contributed by atoms with E-state index >= 15 is 0 Å². The van der Waals surface area contributed by atoms with Crippen LogP contribution in [0.25, 0.3) is 0 Å². The van der Waals surface area contributed by atoms with E-state index in [0.29, 0.717) is 38.0 Å². The lowest BCUT2D eigenvalue weighted by molar-refractivity contribution is -0.139. The fourth-order valence-electron chi connectivity index (χ4n) is 2.31. The lowest BCUT2D eigenvalue weighted by atomic mass is 10.4. The Balaban J connectivity index is 0. The van der Waals surface area contributed by atoms with E-state index in [1.807, 2.05) is 27.3 Å². The highest BCUT2D eigenvalue weighted by Gasteiger charge is 2.40. The predicted octanol–water partition coefficient (Wildman–Crippen LogP) is 3.62. The van der Waals surface area contributed by atoms with Gasteiger partial charge in [0, 0.05) is 45.7 Å². The van der Waals surface area contributed by atoms with Gasteiger partial charge in [0.15, 0.2) is 0 Å². The van der Waals surface area contributed by atoms with Crippen molar-refractivity contribution < 1.29 is 41.2 Å². The SMILES string of the molecule is C=C(C)C(=O)OCCC[Si](C)(OC)OC.C=CC(=O)OCC[Si](OCC)(OCC)OCC. The molecule has 0 N–H and O–H groups in total. The zero-order chi connectivity index (χ0) is 25.0. The first-order valence-electron chi connectivity index (χ1n) is 10.7. The molecule has 0 saturated carbocycles. The van der Waals surface area contributed by atoms with E-state index in [0.717, 1.165) is 18.5 Å².